The predicted octanol–water partition coefficient (Wildman–Crippen LogP) is 4.73. The van der Waals surface area contributed by atoms with Crippen molar-refractivity contribution >= 4 is 23.5 Å². The highest BCUT2D eigenvalue weighted by atomic mass is 32.2. The molecular weight excluding hydrogens is 232 g/mol. The highest BCUT2D eigenvalue weighted by Crippen LogP contribution is 2.20. The van der Waals surface area contributed by atoms with Crippen LogP contribution in [0.1, 0.15) is 36.8 Å². The molecule has 0 atom stereocenters. The largest absolute Gasteiger partial charge is 0.157 e. The third kappa shape index (κ3) is 4.42. The van der Waals surface area contributed by atoms with Crippen molar-refractivity contribution in [1.29, 1.82) is 0 Å². The summed E-state index contributed by atoms with van der Waals surface area (Å²) in [4.78, 5) is 0. The summed E-state index contributed by atoms with van der Waals surface area (Å²) in [7, 11) is 0. The van der Waals surface area contributed by atoms with Gasteiger partial charge in [0.05, 0.1) is 0 Å². The second-order valence-electron chi connectivity index (χ2n) is 4.34. The minimum absolute atomic E-state index is 1.19. The second kappa shape index (κ2) is 7.29. The van der Waals surface area contributed by atoms with Crippen molar-refractivity contribution in [2.24, 2.45) is 0 Å². The molecule has 2 bridgehead atoms. The fourth-order valence-electron chi connectivity index (χ4n) is 1.95. The van der Waals surface area contributed by atoms with Gasteiger partial charge in [0.2, 0.25) is 0 Å². The van der Waals surface area contributed by atoms with E-state index >= 15 is 0 Å². The molecule has 0 fully saturated rings. The smallest absolute Gasteiger partial charge is 0.0184 e. The van der Waals surface area contributed by atoms with Gasteiger partial charge in [0.25, 0.3) is 0 Å². The Morgan fingerprint density at radius 1 is 0.750 bits per heavy atom. The van der Waals surface area contributed by atoms with Crippen LogP contribution in [0.4, 0.5) is 0 Å². The van der Waals surface area contributed by atoms with Gasteiger partial charge >= 0.3 is 0 Å². The average molecular weight is 252 g/mol. The summed E-state index contributed by atoms with van der Waals surface area (Å²) in [6.45, 7) is 0. The SMILES string of the molecule is c1cc2cc(c1)CSCCCCCCSC2. The molecule has 16 heavy (non-hydrogen) atoms. The molecule has 1 aromatic carbocycles. The molecule has 1 aliphatic rings. The van der Waals surface area contributed by atoms with Crippen LogP contribution >= 0.6 is 23.5 Å². The van der Waals surface area contributed by atoms with Crippen molar-refractivity contribution in [2.45, 2.75) is 37.2 Å². The Bertz CT molecular complexity index is 282. The molecule has 0 N–H and O–H groups in total. The first-order chi connectivity index (χ1) is 7.95. The summed E-state index contributed by atoms with van der Waals surface area (Å²) in [6, 6.07) is 9.13. The van der Waals surface area contributed by atoms with Crippen molar-refractivity contribution < 1.29 is 0 Å². The summed E-state index contributed by atoms with van der Waals surface area (Å²) < 4.78 is 0. The molecule has 0 saturated heterocycles. The van der Waals surface area contributed by atoms with Crippen molar-refractivity contribution in [3.05, 3.63) is 35.4 Å². The molecule has 0 aliphatic carbocycles. The van der Waals surface area contributed by atoms with Crippen LogP contribution in [0.2, 0.25) is 0 Å². The Balaban J connectivity index is 1.95. The van der Waals surface area contributed by atoms with E-state index in [9.17, 15) is 0 Å². The maximum Gasteiger partial charge on any atom is 0.0184 e. The maximum absolute atomic E-state index is 2.39. The molecule has 88 valence electrons. The standard InChI is InChI=1S/C14H20S2/c1-2-4-9-16-12-14-7-5-6-13(10-14)11-15-8-3-1/h5-7,10H,1-4,8-9,11-12H2. The summed E-state index contributed by atoms with van der Waals surface area (Å²) in [5.74, 6) is 5.05. The minimum atomic E-state index is 1.19. The van der Waals surface area contributed by atoms with Gasteiger partial charge in [-0.2, -0.15) is 23.5 Å². The summed E-state index contributed by atoms with van der Waals surface area (Å²) in [5.41, 5.74) is 3.00. The van der Waals surface area contributed by atoms with Crippen molar-refractivity contribution in [3.8, 4) is 0 Å². The van der Waals surface area contributed by atoms with Crippen LogP contribution in [0.3, 0.4) is 0 Å². The molecule has 0 unspecified atom stereocenters. The van der Waals surface area contributed by atoms with E-state index in [4.69, 9.17) is 0 Å². The Labute approximate surface area is 108 Å². The van der Waals surface area contributed by atoms with Gasteiger partial charge in [-0.1, -0.05) is 37.1 Å². The Hall–Kier alpha value is -0.0800. The molecule has 2 heteroatoms. The molecule has 0 saturated carbocycles. The molecule has 1 aromatic rings. The number of hydrogen-bond acceptors (Lipinski definition) is 2. The lowest BCUT2D eigenvalue weighted by Crippen LogP contribution is -1.86. The molecule has 0 amide bonds. The predicted molar refractivity (Wildman–Crippen MR) is 77.2 cm³/mol. The lowest BCUT2D eigenvalue weighted by molar-refractivity contribution is 0.711. The van der Waals surface area contributed by atoms with Crippen LogP contribution < -0.4 is 0 Å². The summed E-state index contributed by atoms with van der Waals surface area (Å²) in [5, 5.41) is 0. The first kappa shape index (κ1) is 12.4. The fraction of sp³-hybridized carbons (Fsp3) is 0.571. The van der Waals surface area contributed by atoms with E-state index in [0.29, 0.717) is 0 Å². The zero-order valence-corrected chi connectivity index (χ0v) is 11.4. The third-order valence-corrected chi connectivity index (χ3v) is 5.09. The average Bonchev–Trinajstić information content (AvgIpc) is 2.32. The minimum Gasteiger partial charge on any atom is -0.157 e. The van der Waals surface area contributed by atoms with Gasteiger partial charge in [-0.3, -0.25) is 0 Å². The molecule has 1 heterocycles. The maximum atomic E-state index is 2.39. The van der Waals surface area contributed by atoms with E-state index in [2.05, 4.69) is 47.8 Å². The zero-order chi connectivity index (χ0) is 11.1. The van der Waals surface area contributed by atoms with E-state index in [0.717, 1.165) is 0 Å². The monoisotopic (exact) mass is 252 g/mol. The van der Waals surface area contributed by atoms with E-state index in [1.165, 1.54) is 59.8 Å². The van der Waals surface area contributed by atoms with Crippen LogP contribution in [0, 0.1) is 0 Å². The highest BCUT2D eigenvalue weighted by Gasteiger charge is 2.00. The number of rotatable bonds is 0. The summed E-state index contributed by atoms with van der Waals surface area (Å²) >= 11 is 4.18. The Morgan fingerprint density at radius 3 is 1.88 bits per heavy atom. The lowest BCUT2D eigenvalue weighted by Gasteiger charge is -2.04. The third-order valence-electron chi connectivity index (χ3n) is 2.86. The van der Waals surface area contributed by atoms with Crippen LogP contribution in [-0.4, -0.2) is 11.5 Å². The van der Waals surface area contributed by atoms with Crippen LogP contribution in [0.15, 0.2) is 24.3 Å². The number of hydrogen-bond donors (Lipinski definition) is 0. The Morgan fingerprint density at radius 2 is 1.31 bits per heavy atom. The van der Waals surface area contributed by atoms with E-state index in [1.54, 1.807) is 0 Å². The topological polar surface area (TPSA) is 0 Å². The first-order valence-corrected chi connectivity index (χ1v) is 8.49. The normalized spacial score (nSPS) is 19.2. The van der Waals surface area contributed by atoms with Crippen LogP contribution in [-0.2, 0) is 11.5 Å². The highest BCUT2D eigenvalue weighted by molar-refractivity contribution is 7.98. The number of benzene rings is 1. The van der Waals surface area contributed by atoms with Crippen molar-refractivity contribution in [2.75, 3.05) is 11.5 Å². The number of thioether (sulfide) groups is 2. The van der Waals surface area contributed by atoms with E-state index < -0.39 is 0 Å². The van der Waals surface area contributed by atoms with Crippen LogP contribution in [0.5, 0.6) is 0 Å². The molecule has 0 radical (unpaired) electrons. The quantitative estimate of drug-likeness (QED) is 0.655. The lowest BCUT2D eigenvalue weighted by atomic mass is 10.2. The molecule has 1 aliphatic heterocycles. The molecule has 0 spiro atoms. The number of fused-ring (bicyclic) bond motifs is 2. The van der Waals surface area contributed by atoms with Gasteiger partial charge < -0.3 is 0 Å². The van der Waals surface area contributed by atoms with Gasteiger partial charge in [-0.05, 0) is 35.5 Å². The van der Waals surface area contributed by atoms with Crippen molar-refractivity contribution in [3.63, 3.8) is 0 Å². The molecule has 2 rings (SSSR count). The zero-order valence-electron chi connectivity index (χ0n) is 9.78. The first-order valence-electron chi connectivity index (χ1n) is 6.18. The van der Waals surface area contributed by atoms with Gasteiger partial charge in [-0.25, -0.2) is 0 Å². The van der Waals surface area contributed by atoms with Gasteiger partial charge in [0.1, 0.15) is 0 Å². The Kier molecular flexibility index (Phi) is 5.64. The van der Waals surface area contributed by atoms with Crippen LogP contribution in [0.25, 0.3) is 0 Å². The van der Waals surface area contributed by atoms with E-state index in [1.807, 2.05) is 0 Å². The van der Waals surface area contributed by atoms with Gasteiger partial charge in [0, 0.05) is 11.5 Å². The molecule has 0 aromatic heterocycles. The summed E-state index contributed by atoms with van der Waals surface area (Å²) in [6.07, 6.45) is 5.64. The fourth-order valence-corrected chi connectivity index (χ4v) is 3.89. The van der Waals surface area contributed by atoms with E-state index in [-0.39, 0.29) is 0 Å². The molecule has 0 nitrogen and oxygen atoms in total. The van der Waals surface area contributed by atoms with Gasteiger partial charge in [0.15, 0.2) is 0 Å². The molecular formula is C14H20S2. The second-order valence-corrected chi connectivity index (χ2v) is 6.55. The van der Waals surface area contributed by atoms with Crippen molar-refractivity contribution in [1.82, 2.24) is 0 Å². The van der Waals surface area contributed by atoms with Gasteiger partial charge in [-0.15, -0.1) is 0 Å².